The fraction of sp³-hybridized carbons (Fsp3) is 0.238. The van der Waals surface area contributed by atoms with E-state index in [-0.39, 0.29) is 0 Å². The molecular weight excluding hydrogens is 385 g/mol. The first-order valence-electron chi connectivity index (χ1n) is 8.60. The lowest BCUT2D eigenvalue weighted by atomic mass is 10.1. The van der Waals surface area contributed by atoms with E-state index in [1.165, 1.54) is 23.9 Å². The van der Waals surface area contributed by atoms with Crippen molar-refractivity contribution in [2.45, 2.75) is 37.9 Å². The molecule has 28 heavy (non-hydrogen) atoms. The summed E-state index contributed by atoms with van der Waals surface area (Å²) in [6.07, 6.45) is -4.33. The Hall–Kier alpha value is -2.54. The van der Waals surface area contributed by atoms with E-state index in [0.717, 1.165) is 34.5 Å². The van der Waals surface area contributed by atoms with E-state index in [9.17, 15) is 13.2 Å². The Morgan fingerprint density at radius 1 is 0.893 bits per heavy atom. The molecule has 0 fully saturated rings. The fourth-order valence-electron chi connectivity index (χ4n) is 2.68. The van der Waals surface area contributed by atoms with E-state index in [1.54, 1.807) is 6.07 Å². The fourth-order valence-corrected chi connectivity index (χ4v) is 3.53. The molecule has 3 rings (SSSR count). The Bertz CT molecular complexity index is 952. The molecule has 0 aliphatic heterocycles. The quantitative estimate of drug-likeness (QED) is 0.359. The zero-order valence-electron chi connectivity index (χ0n) is 15.7. The summed E-state index contributed by atoms with van der Waals surface area (Å²) < 4.78 is 43.8. The molecule has 2 aromatic carbocycles. The molecule has 0 amide bonds. The maximum atomic E-state index is 12.6. The molecule has 1 aromatic heterocycles. The van der Waals surface area contributed by atoms with Gasteiger partial charge < -0.3 is 4.74 Å². The summed E-state index contributed by atoms with van der Waals surface area (Å²) in [4.78, 5) is 8.78. The predicted octanol–water partition coefficient (Wildman–Crippen LogP) is 6.51. The second kappa shape index (κ2) is 8.22. The highest BCUT2D eigenvalue weighted by atomic mass is 32.2. The van der Waals surface area contributed by atoms with Gasteiger partial charge in [0.05, 0.1) is 5.56 Å². The molecule has 0 spiro atoms. The lowest BCUT2D eigenvalue weighted by Gasteiger charge is -2.10. The summed E-state index contributed by atoms with van der Waals surface area (Å²) in [5.74, 6) is 1.60. The van der Waals surface area contributed by atoms with Gasteiger partial charge in [0, 0.05) is 17.5 Å². The molecule has 3 nitrogen and oxygen atoms in total. The molecule has 0 saturated heterocycles. The van der Waals surface area contributed by atoms with Crippen LogP contribution in [0.5, 0.6) is 11.6 Å². The first-order chi connectivity index (χ1) is 13.2. The molecule has 0 aliphatic carbocycles. The third kappa shape index (κ3) is 5.48. The van der Waals surface area contributed by atoms with Crippen LogP contribution in [0.3, 0.4) is 0 Å². The van der Waals surface area contributed by atoms with Crippen molar-refractivity contribution in [2.75, 3.05) is 0 Å². The van der Waals surface area contributed by atoms with Crippen LogP contribution in [0.1, 0.15) is 27.9 Å². The van der Waals surface area contributed by atoms with Crippen LogP contribution in [0.2, 0.25) is 0 Å². The predicted molar refractivity (Wildman–Crippen MR) is 104 cm³/mol. The van der Waals surface area contributed by atoms with Crippen LogP contribution in [0.15, 0.2) is 53.7 Å². The summed E-state index contributed by atoms with van der Waals surface area (Å²) in [5.41, 5.74) is 3.05. The zero-order valence-corrected chi connectivity index (χ0v) is 16.5. The first kappa shape index (κ1) is 20.2. The van der Waals surface area contributed by atoms with E-state index in [1.807, 2.05) is 32.9 Å². The van der Waals surface area contributed by atoms with Crippen molar-refractivity contribution in [3.05, 3.63) is 76.5 Å². The molecule has 0 unspecified atom stereocenters. The molecule has 3 aromatic rings. The van der Waals surface area contributed by atoms with Crippen molar-refractivity contribution in [1.82, 2.24) is 9.97 Å². The van der Waals surface area contributed by atoms with Gasteiger partial charge in [-0.15, -0.1) is 0 Å². The summed E-state index contributed by atoms with van der Waals surface area (Å²) in [5, 5.41) is 0.513. The van der Waals surface area contributed by atoms with E-state index in [2.05, 4.69) is 16.0 Å². The number of nitrogens with zero attached hydrogens (tertiary/aromatic N) is 2. The van der Waals surface area contributed by atoms with Crippen molar-refractivity contribution in [2.24, 2.45) is 0 Å². The van der Waals surface area contributed by atoms with Crippen molar-refractivity contribution in [3.8, 4) is 11.6 Å². The second-order valence-corrected chi connectivity index (χ2v) is 7.48. The summed E-state index contributed by atoms with van der Waals surface area (Å²) in [6.45, 7) is 5.84. The van der Waals surface area contributed by atoms with Gasteiger partial charge >= 0.3 is 6.18 Å². The number of halogens is 3. The van der Waals surface area contributed by atoms with E-state index in [4.69, 9.17) is 4.74 Å². The van der Waals surface area contributed by atoms with Crippen molar-refractivity contribution in [3.63, 3.8) is 0 Å². The number of aryl methyl sites for hydroxylation is 3. The largest absolute Gasteiger partial charge is 0.439 e. The number of ether oxygens (including phenoxy) is 1. The van der Waals surface area contributed by atoms with Gasteiger partial charge in [-0.2, -0.15) is 18.2 Å². The molecule has 0 aliphatic rings. The molecule has 0 atom stereocenters. The van der Waals surface area contributed by atoms with Crippen LogP contribution in [0, 0.1) is 20.8 Å². The van der Waals surface area contributed by atoms with Gasteiger partial charge in [0.2, 0.25) is 5.88 Å². The lowest BCUT2D eigenvalue weighted by Crippen LogP contribution is -2.04. The van der Waals surface area contributed by atoms with Gasteiger partial charge in [0.25, 0.3) is 0 Å². The number of thioether (sulfide) groups is 1. The summed E-state index contributed by atoms with van der Waals surface area (Å²) in [6, 6.07) is 12.8. The van der Waals surface area contributed by atoms with Crippen LogP contribution in [-0.4, -0.2) is 9.97 Å². The SMILES string of the molecule is Cc1cc(C)cc(Oc2cc(C)nc(SCc3ccc(C(F)(F)F)cc3)n2)c1. The molecule has 0 bridgehead atoms. The molecule has 0 N–H and O–H groups in total. The monoisotopic (exact) mass is 404 g/mol. The highest BCUT2D eigenvalue weighted by Crippen LogP contribution is 2.30. The van der Waals surface area contributed by atoms with Gasteiger partial charge in [-0.3, -0.25) is 0 Å². The third-order valence-corrected chi connectivity index (χ3v) is 4.80. The number of benzene rings is 2. The van der Waals surface area contributed by atoms with Gasteiger partial charge in [0.15, 0.2) is 5.16 Å². The Morgan fingerprint density at radius 3 is 2.14 bits per heavy atom. The number of hydrogen-bond donors (Lipinski definition) is 0. The lowest BCUT2D eigenvalue weighted by molar-refractivity contribution is -0.137. The summed E-state index contributed by atoms with van der Waals surface area (Å²) >= 11 is 1.35. The number of hydrogen-bond acceptors (Lipinski definition) is 4. The van der Waals surface area contributed by atoms with Gasteiger partial charge in [-0.05, 0) is 61.7 Å². The Kier molecular flexibility index (Phi) is 5.93. The minimum Gasteiger partial charge on any atom is -0.439 e. The molecule has 0 saturated carbocycles. The number of alkyl halides is 3. The van der Waals surface area contributed by atoms with E-state index in [0.29, 0.717) is 22.5 Å². The zero-order chi connectivity index (χ0) is 20.3. The van der Waals surface area contributed by atoms with Gasteiger partial charge in [-0.25, -0.2) is 4.98 Å². The Balaban J connectivity index is 1.71. The molecular formula is C21H19F3N2OS. The van der Waals surface area contributed by atoms with Crippen LogP contribution in [0.25, 0.3) is 0 Å². The number of rotatable bonds is 5. The standard InChI is InChI=1S/C21H19F3N2OS/c1-13-8-14(2)10-18(9-13)27-19-11-15(3)25-20(26-19)28-12-16-4-6-17(7-5-16)21(22,23)24/h4-11H,12H2,1-3H3. The first-order valence-corrected chi connectivity index (χ1v) is 9.58. The van der Waals surface area contributed by atoms with Crippen molar-refractivity contribution in [1.29, 1.82) is 0 Å². The third-order valence-electron chi connectivity index (χ3n) is 3.88. The van der Waals surface area contributed by atoms with Crippen LogP contribution in [-0.2, 0) is 11.9 Å². The molecule has 146 valence electrons. The van der Waals surface area contributed by atoms with Crippen molar-refractivity contribution < 1.29 is 17.9 Å². The van der Waals surface area contributed by atoms with Crippen LogP contribution >= 0.6 is 11.8 Å². The molecule has 0 radical (unpaired) electrons. The minimum atomic E-state index is -4.33. The minimum absolute atomic E-state index is 0.437. The van der Waals surface area contributed by atoms with E-state index >= 15 is 0 Å². The Morgan fingerprint density at radius 2 is 1.54 bits per heavy atom. The topological polar surface area (TPSA) is 35.0 Å². The normalized spacial score (nSPS) is 11.5. The highest BCUT2D eigenvalue weighted by molar-refractivity contribution is 7.98. The van der Waals surface area contributed by atoms with Crippen LogP contribution in [0.4, 0.5) is 13.2 Å². The highest BCUT2D eigenvalue weighted by Gasteiger charge is 2.29. The maximum absolute atomic E-state index is 12.6. The maximum Gasteiger partial charge on any atom is 0.416 e. The van der Waals surface area contributed by atoms with Crippen molar-refractivity contribution >= 4 is 11.8 Å². The Labute approximate surface area is 166 Å². The van der Waals surface area contributed by atoms with Crippen LogP contribution < -0.4 is 4.74 Å². The van der Waals surface area contributed by atoms with E-state index < -0.39 is 11.7 Å². The number of aromatic nitrogens is 2. The average Bonchev–Trinajstić information content (AvgIpc) is 2.58. The van der Waals surface area contributed by atoms with Gasteiger partial charge in [-0.1, -0.05) is 30.0 Å². The summed E-state index contributed by atoms with van der Waals surface area (Å²) in [7, 11) is 0. The van der Waals surface area contributed by atoms with Gasteiger partial charge in [0.1, 0.15) is 5.75 Å². The molecule has 1 heterocycles. The second-order valence-electron chi connectivity index (χ2n) is 6.54. The average molecular weight is 404 g/mol. The molecule has 7 heteroatoms. The smallest absolute Gasteiger partial charge is 0.416 e.